The number of likely N-dealkylation sites (N-methyl/N-ethyl adjacent to an activating group) is 1. The summed E-state index contributed by atoms with van der Waals surface area (Å²) < 4.78 is 0. The van der Waals surface area contributed by atoms with E-state index in [1.807, 2.05) is 25.1 Å². The van der Waals surface area contributed by atoms with Gasteiger partial charge in [0, 0.05) is 27.6 Å². The number of benzene rings is 1. The number of amides is 2. The Morgan fingerprint density at radius 1 is 1.26 bits per heavy atom. The first-order valence-corrected chi connectivity index (χ1v) is 8.03. The highest BCUT2D eigenvalue weighted by molar-refractivity contribution is 5.80. The molecule has 2 rings (SSSR count). The van der Waals surface area contributed by atoms with Gasteiger partial charge in [0.25, 0.3) is 0 Å². The molecule has 0 aliphatic heterocycles. The zero-order valence-corrected chi connectivity index (χ0v) is 14.3. The molecule has 1 aromatic rings. The Morgan fingerprint density at radius 2 is 1.96 bits per heavy atom. The molecule has 0 unspecified atom stereocenters. The van der Waals surface area contributed by atoms with Crippen molar-refractivity contribution in [3.63, 3.8) is 0 Å². The fraction of sp³-hybridized carbons (Fsp3) is 0.556. The fourth-order valence-corrected chi connectivity index (χ4v) is 3.33. The van der Waals surface area contributed by atoms with Crippen molar-refractivity contribution in [2.24, 2.45) is 5.92 Å². The average Bonchev–Trinajstić information content (AvgIpc) is 2.87. The third-order valence-corrected chi connectivity index (χ3v) is 4.77. The van der Waals surface area contributed by atoms with Gasteiger partial charge < -0.3 is 14.9 Å². The number of aliphatic hydroxyl groups excluding tert-OH is 1. The summed E-state index contributed by atoms with van der Waals surface area (Å²) in [7, 11) is 3.44. The number of carbonyl (C=O) groups excluding carboxylic acids is 2. The minimum Gasteiger partial charge on any atom is -0.390 e. The number of carbonyl (C=O) groups is 2. The summed E-state index contributed by atoms with van der Waals surface area (Å²) in [5, 5.41) is 10.5. The first kappa shape index (κ1) is 17.5. The van der Waals surface area contributed by atoms with Gasteiger partial charge in [0.05, 0.1) is 18.1 Å². The van der Waals surface area contributed by atoms with Gasteiger partial charge in [-0.05, 0) is 25.3 Å². The molecule has 0 aromatic heterocycles. The molecule has 2 amide bonds. The molecular formula is C18H26N2O3. The number of rotatable bonds is 4. The zero-order valence-electron chi connectivity index (χ0n) is 14.3. The molecule has 5 nitrogen and oxygen atoms in total. The third kappa shape index (κ3) is 3.91. The molecule has 0 bridgehead atoms. The summed E-state index contributed by atoms with van der Waals surface area (Å²) in [6.07, 6.45) is 0.475. The fourth-order valence-electron chi connectivity index (χ4n) is 3.33. The van der Waals surface area contributed by atoms with Gasteiger partial charge in [0.1, 0.15) is 0 Å². The average molecular weight is 318 g/mol. The van der Waals surface area contributed by atoms with Crippen molar-refractivity contribution in [1.82, 2.24) is 9.80 Å². The van der Waals surface area contributed by atoms with Crippen LogP contribution in [0.2, 0.25) is 0 Å². The van der Waals surface area contributed by atoms with Crippen molar-refractivity contribution in [2.75, 3.05) is 14.1 Å². The number of aryl methyl sites for hydroxylation is 1. The quantitative estimate of drug-likeness (QED) is 0.917. The lowest BCUT2D eigenvalue weighted by Crippen LogP contribution is -2.45. The van der Waals surface area contributed by atoms with Crippen LogP contribution in [0.5, 0.6) is 0 Å². The normalized spacial score (nSPS) is 23.6. The maximum Gasteiger partial charge on any atom is 0.228 e. The first-order chi connectivity index (χ1) is 10.8. The van der Waals surface area contributed by atoms with Crippen molar-refractivity contribution < 1.29 is 14.7 Å². The second-order valence-corrected chi connectivity index (χ2v) is 6.56. The standard InChI is InChI=1S/C18H26N2O3/c1-12-6-5-7-14(10-12)11-19(3)18(23)15-8-9-16(17(15)22)20(4)13(2)21/h5-7,10,15-17,22H,8-9,11H2,1-4H3/t15-,16-,17+/m1/s1. The lowest BCUT2D eigenvalue weighted by Gasteiger charge is -2.29. The van der Waals surface area contributed by atoms with E-state index in [-0.39, 0.29) is 17.9 Å². The highest BCUT2D eigenvalue weighted by atomic mass is 16.3. The van der Waals surface area contributed by atoms with E-state index in [0.29, 0.717) is 19.4 Å². The molecule has 126 valence electrons. The van der Waals surface area contributed by atoms with E-state index < -0.39 is 12.0 Å². The third-order valence-electron chi connectivity index (χ3n) is 4.77. The molecule has 5 heteroatoms. The minimum absolute atomic E-state index is 0.0570. The van der Waals surface area contributed by atoms with E-state index in [1.165, 1.54) is 6.92 Å². The molecule has 0 saturated heterocycles. The Balaban J connectivity index is 2.01. The van der Waals surface area contributed by atoms with E-state index in [2.05, 4.69) is 6.07 Å². The molecule has 1 aromatic carbocycles. The summed E-state index contributed by atoms with van der Waals surface area (Å²) in [5.74, 6) is -0.578. The van der Waals surface area contributed by atoms with Crippen molar-refractivity contribution in [1.29, 1.82) is 0 Å². The van der Waals surface area contributed by atoms with Crippen LogP contribution in [0.15, 0.2) is 24.3 Å². The van der Waals surface area contributed by atoms with Gasteiger partial charge >= 0.3 is 0 Å². The van der Waals surface area contributed by atoms with Gasteiger partial charge in [0.15, 0.2) is 0 Å². The largest absolute Gasteiger partial charge is 0.390 e. The van der Waals surface area contributed by atoms with Crippen molar-refractivity contribution >= 4 is 11.8 Å². The van der Waals surface area contributed by atoms with Crippen molar-refractivity contribution in [3.8, 4) is 0 Å². The molecule has 1 aliphatic carbocycles. The summed E-state index contributed by atoms with van der Waals surface area (Å²) in [6.45, 7) is 4.02. The molecule has 1 saturated carbocycles. The molecule has 0 spiro atoms. The van der Waals surface area contributed by atoms with Crippen LogP contribution in [-0.4, -0.2) is 53.0 Å². The highest BCUT2D eigenvalue weighted by Gasteiger charge is 2.42. The summed E-state index contributed by atoms with van der Waals surface area (Å²) in [4.78, 5) is 27.3. The Bertz CT molecular complexity index is 587. The first-order valence-electron chi connectivity index (χ1n) is 8.03. The summed E-state index contributed by atoms with van der Waals surface area (Å²) in [6, 6.07) is 7.78. The van der Waals surface area contributed by atoms with Gasteiger partial charge in [-0.2, -0.15) is 0 Å². The van der Waals surface area contributed by atoms with Crippen LogP contribution in [0.3, 0.4) is 0 Å². The van der Waals surface area contributed by atoms with Gasteiger partial charge in [-0.25, -0.2) is 0 Å². The van der Waals surface area contributed by atoms with E-state index in [4.69, 9.17) is 0 Å². The molecule has 1 N–H and O–H groups in total. The number of aliphatic hydroxyl groups is 1. The molecule has 0 radical (unpaired) electrons. The van der Waals surface area contributed by atoms with Gasteiger partial charge in [0.2, 0.25) is 11.8 Å². The van der Waals surface area contributed by atoms with Crippen LogP contribution in [-0.2, 0) is 16.1 Å². The molecule has 0 heterocycles. The Morgan fingerprint density at radius 3 is 2.57 bits per heavy atom. The lowest BCUT2D eigenvalue weighted by atomic mass is 10.0. The maximum absolute atomic E-state index is 12.6. The Kier molecular flexibility index (Phi) is 5.42. The van der Waals surface area contributed by atoms with Crippen LogP contribution in [0, 0.1) is 12.8 Å². The van der Waals surface area contributed by atoms with Gasteiger partial charge in [-0.3, -0.25) is 9.59 Å². The summed E-state index contributed by atoms with van der Waals surface area (Å²) in [5.41, 5.74) is 2.23. The maximum atomic E-state index is 12.6. The second kappa shape index (κ2) is 7.13. The zero-order chi connectivity index (χ0) is 17.1. The minimum atomic E-state index is -0.795. The molecule has 23 heavy (non-hydrogen) atoms. The number of hydrogen-bond acceptors (Lipinski definition) is 3. The van der Waals surface area contributed by atoms with Crippen LogP contribution in [0.25, 0.3) is 0 Å². The van der Waals surface area contributed by atoms with E-state index >= 15 is 0 Å². The lowest BCUT2D eigenvalue weighted by molar-refractivity contribution is -0.140. The highest BCUT2D eigenvalue weighted by Crippen LogP contribution is 2.31. The number of hydrogen-bond donors (Lipinski definition) is 1. The summed E-state index contributed by atoms with van der Waals surface area (Å²) >= 11 is 0. The monoisotopic (exact) mass is 318 g/mol. The van der Waals surface area contributed by atoms with Crippen molar-refractivity contribution in [2.45, 2.75) is 45.4 Å². The van der Waals surface area contributed by atoms with Gasteiger partial charge in [-0.15, -0.1) is 0 Å². The smallest absolute Gasteiger partial charge is 0.228 e. The predicted molar refractivity (Wildman–Crippen MR) is 88.6 cm³/mol. The second-order valence-electron chi connectivity index (χ2n) is 6.56. The van der Waals surface area contributed by atoms with Crippen LogP contribution in [0.1, 0.15) is 30.9 Å². The van der Waals surface area contributed by atoms with Crippen LogP contribution in [0.4, 0.5) is 0 Å². The Hall–Kier alpha value is -1.88. The van der Waals surface area contributed by atoms with Crippen LogP contribution < -0.4 is 0 Å². The Labute approximate surface area is 137 Å². The van der Waals surface area contributed by atoms with Crippen molar-refractivity contribution in [3.05, 3.63) is 35.4 Å². The van der Waals surface area contributed by atoms with Crippen LogP contribution >= 0.6 is 0 Å². The van der Waals surface area contributed by atoms with E-state index in [0.717, 1.165) is 11.1 Å². The molecular weight excluding hydrogens is 292 g/mol. The van der Waals surface area contributed by atoms with E-state index in [9.17, 15) is 14.7 Å². The molecule has 3 atom stereocenters. The molecule has 1 fully saturated rings. The number of nitrogens with zero attached hydrogens (tertiary/aromatic N) is 2. The van der Waals surface area contributed by atoms with Gasteiger partial charge in [-0.1, -0.05) is 29.8 Å². The SMILES string of the molecule is CC(=O)N(C)[C@@H]1CC[C@@H](C(=O)N(C)Cc2cccc(C)c2)[C@@H]1O. The topological polar surface area (TPSA) is 60.9 Å². The van der Waals surface area contributed by atoms with E-state index in [1.54, 1.807) is 23.9 Å². The predicted octanol–water partition coefficient (Wildman–Crippen LogP) is 1.57. The molecule has 1 aliphatic rings.